The lowest BCUT2D eigenvalue weighted by Crippen LogP contribution is -2.54. The average molecular weight is 379 g/mol. The number of hydrogen-bond donors (Lipinski definition) is 1. The number of hydrogen-bond acceptors (Lipinski definition) is 2. The third kappa shape index (κ3) is 3.77. The van der Waals surface area contributed by atoms with Crippen LogP contribution in [0.25, 0.3) is 0 Å². The van der Waals surface area contributed by atoms with E-state index in [1.165, 1.54) is 38.5 Å². The fourth-order valence-corrected chi connectivity index (χ4v) is 7.90. The van der Waals surface area contributed by atoms with E-state index in [-0.39, 0.29) is 11.5 Å². The second kappa shape index (κ2) is 8.97. The maximum atomic E-state index is 12.2. The minimum Gasteiger partial charge on any atom is -0.393 e. The first kappa shape index (κ1) is 22.9. The van der Waals surface area contributed by atoms with Crippen LogP contribution in [-0.4, -0.2) is 17.0 Å². The van der Waals surface area contributed by atoms with Crippen molar-refractivity contribution in [2.75, 3.05) is 0 Å². The molecule has 4 aliphatic carbocycles. The normalized spacial score (nSPS) is 47.9. The molecule has 4 rings (SSSR count). The fraction of sp³-hybridized carbons (Fsp3) is 0.960. The summed E-state index contributed by atoms with van der Waals surface area (Å²) in [5.41, 5.74) is 0.738. The molecule has 0 heterocycles. The Labute approximate surface area is 168 Å². The van der Waals surface area contributed by atoms with E-state index >= 15 is 0 Å². The first-order chi connectivity index (χ1) is 12.9. The van der Waals surface area contributed by atoms with Crippen molar-refractivity contribution in [3.05, 3.63) is 0 Å². The Hall–Kier alpha value is -0.370. The first-order valence-corrected chi connectivity index (χ1v) is 12.0. The molecule has 8 atom stereocenters. The van der Waals surface area contributed by atoms with Gasteiger partial charge in [-0.1, -0.05) is 41.5 Å². The summed E-state index contributed by atoms with van der Waals surface area (Å²) in [4.78, 5) is 12.2. The molecule has 7 unspecified atom stereocenters. The molecule has 4 aliphatic rings. The largest absolute Gasteiger partial charge is 0.393 e. The molecule has 0 aromatic rings. The van der Waals surface area contributed by atoms with Crippen molar-refractivity contribution in [2.45, 2.75) is 112 Å². The maximum absolute atomic E-state index is 12.2. The van der Waals surface area contributed by atoms with Crippen LogP contribution in [-0.2, 0) is 4.79 Å². The molecule has 4 fully saturated rings. The summed E-state index contributed by atoms with van der Waals surface area (Å²) in [5, 5.41) is 10.1. The van der Waals surface area contributed by atoms with Crippen LogP contribution in [0.15, 0.2) is 0 Å². The zero-order chi connectivity index (χ0) is 20.4. The van der Waals surface area contributed by atoms with Crippen LogP contribution < -0.4 is 0 Å². The number of Topliss-reactive ketones (excluding diaryl/α,β-unsaturated/α-hetero) is 1. The summed E-state index contributed by atoms with van der Waals surface area (Å²) in [7, 11) is 0. The Bertz CT molecular complexity index is 501. The summed E-state index contributed by atoms with van der Waals surface area (Å²) in [6.45, 7) is 14.8. The van der Waals surface area contributed by atoms with Crippen molar-refractivity contribution in [3.8, 4) is 0 Å². The standard InChI is InChI=1S/C21H34O2.2C2H6/c1-13(22)17-6-7-18-16-5-4-14-12-15(23)8-10-20(14,2)19(16)9-11-21(17,18)3;2*1-2/h14-19,23H,4-12H2,1-3H3;2*1-2H3/t14?,15?,16?,17?,18?,19?,20-,21?;;/m0../s1. The highest BCUT2D eigenvalue weighted by atomic mass is 16.3. The number of ketones is 1. The maximum Gasteiger partial charge on any atom is 0.133 e. The van der Waals surface area contributed by atoms with Gasteiger partial charge in [-0.15, -0.1) is 0 Å². The highest BCUT2D eigenvalue weighted by molar-refractivity contribution is 5.79. The number of carbonyl (C=O) groups excluding carboxylic acids is 1. The molecule has 2 nitrogen and oxygen atoms in total. The van der Waals surface area contributed by atoms with E-state index in [1.54, 1.807) is 0 Å². The number of fused-ring (bicyclic) bond motifs is 5. The minimum atomic E-state index is -0.0490. The molecular formula is C25H46O2. The summed E-state index contributed by atoms with van der Waals surface area (Å²) >= 11 is 0. The number of aliphatic hydroxyl groups is 1. The van der Waals surface area contributed by atoms with E-state index in [0.29, 0.717) is 17.1 Å². The molecule has 2 heteroatoms. The molecule has 0 aliphatic heterocycles. The van der Waals surface area contributed by atoms with Crippen LogP contribution in [0.2, 0.25) is 0 Å². The van der Waals surface area contributed by atoms with Crippen LogP contribution in [0.5, 0.6) is 0 Å². The van der Waals surface area contributed by atoms with Gasteiger partial charge in [0.05, 0.1) is 6.10 Å². The Balaban J connectivity index is 0.000000614. The number of rotatable bonds is 1. The lowest BCUT2D eigenvalue weighted by atomic mass is 9.44. The van der Waals surface area contributed by atoms with E-state index in [4.69, 9.17) is 0 Å². The zero-order valence-electron chi connectivity index (χ0n) is 19.2. The number of carbonyl (C=O) groups is 1. The molecule has 0 spiro atoms. The van der Waals surface area contributed by atoms with Gasteiger partial charge in [0.2, 0.25) is 0 Å². The van der Waals surface area contributed by atoms with E-state index < -0.39 is 0 Å². The van der Waals surface area contributed by atoms with Crippen LogP contribution in [0.1, 0.15) is 106 Å². The van der Waals surface area contributed by atoms with Crippen LogP contribution in [0, 0.1) is 40.4 Å². The van der Waals surface area contributed by atoms with Crippen molar-refractivity contribution in [1.82, 2.24) is 0 Å². The SMILES string of the molecule is CC.CC.CC(=O)C1CCC2C3CCC4CC(O)CC[C@]4(C)C3CCC12C. The molecule has 158 valence electrons. The summed E-state index contributed by atoms with van der Waals surface area (Å²) in [6, 6.07) is 0. The first-order valence-electron chi connectivity index (χ1n) is 12.0. The van der Waals surface area contributed by atoms with Gasteiger partial charge in [0.15, 0.2) is 0 Å². The molecular weight excluding hydrogens is 332 g/mol. The van der Waals surface area contributed by atoms with Gasteiger partial charge < -0.3 is 5.11 Å². The predicted octanol–water partition coefficient (Wildman–Crippen LogP) is 6.65. The predicted molar refractivity (Wildman–Crippen MR) is 115 cm³/mol. The third-order valence-corrected chi connectivity index (χ3v) is 9.13. The van der Waals surface area contributed by atoms with Crippen molar-refractivity contribution >= 4 is 5.78 Å². The molecule has 27 heavy (non-hydrogen) atoms. The molecule has 4 saturated carbocycles. The van der Waals surface area contributed by atoms with Crippen molar-refractivity contribution in [3.63, 3.8) is 0 Å². The smallest absolute Gasteiger partial charge is 0.133 e. The average Bonchev–Trinajstić information content (AvgIpc) is 3.03. The molecule has 0 amide bonds. The van der Waals surface area contributed by atoms with E-state index in [0.717, 1.165) is 42.9 Å². The Kier molecular flexibility index (Phi) is 7.61. The summed E-state index contributed by atoms with van der Waals surface area (Å²) < 4.78 is 0. The van der Waals surface area contributed by atoms with Crippen LogP contribution >= 0.6 is 0 Å². The topological polar surface area (TPSA) is 37.3 Å². The van der Waals surface area contributed by atoms with Gasteiger partial charge in [-0.25, -0.2) is 0 Å². The minimum absolute atomic E-state index is 0.0490. The van der Waals surface area contributed by atoms with Crippen molar-refractivity contribution < 1.29 is 9.90 Å². The summed E-state index contributed by atoms with van der Waals surface area (Å²) in [5.74, 6) is 3.97. The van der Waals surface area contributed by atoms with E-state index in [1.807, 2.05) is 34.6 Å². The van der Waals surface area contributed by atoms with Gasteiger partial charge in [-0.2, -0.15) is 0 Å². The van der Waals surface area contributed by atoms with Crippen molar-refractivity contribution in [2.24, 2.45) is 40.4 Å². The molecule has 0 aromatic heterocycles. The molecule has 0 radical (unpaired) electrons. The number of aliphatic hydroxyl groups excluding tert-OH is 1. The monoisotopic (exact) mass is 378 g/mol. The van der Waals surface area contributed by atoms with Gasteiger partial charge in [0.25, 0.3) is 0 Å². The zero-order valence-corrected chi connectivity index (χ0v) is 19.2. The van der Waals surface area contributed by atoms with E-state index in [2.05, 4.69) is 13.8 Å². The second-order valence-electron chi connectivity index (χ2n) is 9.87. The highest BCUT2D eigenvalue weighted by Gasteiger charge is 2.60. The Morgan fingerprint density at radius 3 is 2.04 bits per heavy atom. The van der Waals surface area contributed by atoms with E-state index in [9.17, 15) is 9.90 Å². The summed E-state index contributed by atoms with van der Waals surface area (Å²) in [6.07, 6.45) is 10.9. The highest BCUT2D eigenvalue weighted by Crippen LogP contribution is 2.67. The fourth-order valence-electron chi connectivity index (χ4n) is 7.90. The van der Waals surface area contributed by atoms with Crippen LogP contribution in [0.3, 0.4) is 0 Å². The van der Waals surface area contributed by atoms with Gasteiger partial charge in [-0.3, -0.25) is 4.79 Å². The lowest BCUT2D eigenvalue weighted by Gasteiger charge is -2.60. The van der Waals surface area contributed by atoms with Gasteiger partial charge in [0.1, 0.15) is 5.78 Å². The van der Waals surface area contributed by atoms with Gasteiger partial charge in [0, 0.05) is 5.92 Å². The van der Waals surface area contributed by atoms with Crippen LogP contribution in [0.4, 0.5) is 0 Å². The Morgan fingerprint density at radius 1 is 0.815 bits per heavy atom. The quantitative estimate of drug-likeness (QED) is 0.555. The molecule has 0 aromatic carbocycles. The van der Waals surface area contributed by atoms with Crippen molar-refractivity contribution in [1.29, 1.82) is 0 Å². The van der Waals surface area contributed by atoms with Gasteiger partial charge in [-0.05, 0) is 99.2 Å². The lowest BCUT2D eigenvalue weighted by molar-refractivity contribution is -0.138. The molecule has 1 N–H and O–H groups in total. The Morgan fingerprint density at radius 2 is 1.41 bits per heavy atom. The van der Waals surface area contributed by atoms with Gasteiger partial charge >= 0.3 is 0 Å². The third-order valence-electron chi connectivity index (χ3n) is 9.13. The second-order valence-corrected chi connectivity index (χ2v) is 9.87. The molecule has 0 saturated heterocycles. The molecule has 0 bridgehead atoms.